The molecule has 0 spiro atoms. The van der Waals surface area contributed by atoms with E-state index in [0.717, 1.165) is 35.4 Å². The largest absolute Gasteiger partial charge is 0.384 e. The van der Waals surface area contributed by atoms with Gasteiger partial charge in [0.25, 0.3) is 5.91 Å². The normalized spacial score (nSPS) is 18.3. The molecule has 0 radical (unpaired) electrons. The van der Waals surface area contributed by atoms with Crippen molar-refractivity contribution in [2.45, 2.75) is 31.3 Å². The maximum atomic E-state index is 12.3. The number of rotatable bonds is 3. The molecule has 0 bridgehead atoms. The Hall–Kier alpha value is -2.05. The van der Waals surface area contributed by atoms with Gasteiger partial charge in [0, 0.05) is 12.6 Å². The highest BCUT2D eigenvalue weighted by molar-refractivity contribution is 7.16. The first-order valence-corrected chi connectivity index (χ1v) is 8.11. The first-order valence-electron chi connectivity index (χ1n) is 7.30. The highest BCUT2D eigenvalue weighted by Gasteiger charge is 2.38. The monoisotopic (exact) mass is 313 g/mol. The molecule has 0 atom stereocenters. The second-order valence-corrected chi connectivity index (χ2v) is 6.76. The Labute approximate surface area is 131 Å². The number of aliphatic imine (C=N–C) groups is 1. The van der Waals surface area contributed by atoms with E-state index < -0.39 is 5.60 Å². The fourth-order valence-corrected chi connectivity index (χ4v) is 3.70. The summed E-state index contributed by atoms with van der Waals surface area (Å²) in [6, 6.07) is 7.74. The summed E-state index contributed by atoms with van der Waals surface area (Å²) in [5.74, 6) is -0.224. The fourth-order valence-electron chi connectivity index (χ4n) is 2.74. The third-order valence-electron chi connectivity index (χ3n) is 4.23. The molecular formula is C16H15N3O2S. The second kappa shape index (κ2) is 5.00. The van der Waals surface area contributed by atoms with Crippen molar-refractivity contribution in [3.63, 3.8) is 0 Å². The molecule has 6 heteroatoms. The highest BCUT2D eigenvalue weighted by Crippen LogP contribution is 2.44. The third-order valence-corrected chi connectivity index (χ3v) is 5.34. The maximum Gasteiger partial charge on any atom is 0.272 e. The molecule has 1 aliphatic carbocycles. The van der Waals surface area contributed by atoms with Crippen molar-refractivity contribution in [1.29, 1.82) is 0 Å². The summed E-state index contributed by atoms with van der Waals surface area (Å²) in [5, 5.41) is 13.6. The lowest BCUT2D eigenvalue weighted by Crippen LogP contribution is -2.32. The lowest BCUT2D eigenvalue weighted by Gasteiger charge is -2.35. The van der Waals surface area contributed by atoms with Crippen LogP contribution in [-0.4, -0.2) is 21.7 Å². The molecule has 2 aliphatic rings. The number of benzene rings is 1. The Kier molecular flexibility index (Phi) is 3.09. The number of nitrogens with zero attached hydrogens (tertiary/aromatic N) is 2. The van der Waals surface area contributed by atoms with Crippen LogP contribution in [0.15, 0.2) is 35.5 Å². The Bertz CT molecular complexity index is 777. The number of nitrogens with one attached hydrogen (secondary N) is 1. The zero-order chi connectivity index (χ0) is 15.2. The Morgan fingerprint density at radius 2 is 2.14 bits per heavy atom. The van der Waals surface area contributed by atoms with Crippen molar-refractivity contribution in [3.05, 3.63) is 40.9 Å². The van der Waals surface area contributed by atoms with Gasteiger partial charge in [-0.05, 0) is 30.9 Å². The minimum absolute atomic E-state index is 0.224. The summed E-state index contributed by atoms with van der Waals surface area (Å²) in [4.78, 5) is 21.7. The standard InChI is InChI=1S/C16H15N3O2S/c20-14(12-8-10-4-1-2-5-11(10)18-12)19-15-17-9-13(22-15)16(21)6-3-7-16/h1-2,4-5,9,21H,3,6-8H2,(H,17,19,20). The topological polar surface area (TPSA) is 74.6 Å². The van der Waals surface area contributed by atoms with E-state index in [2.05, 4.69) is 15.3 Å². The summed E-state index contributed by atoms with van der Waals surface area (Å²) < 4.78 is 0. The van der Waals surface area contributed by atoms with Gasteiger partial charge in [-0.15, -0.1) is 0 Å². The molecule has 1 saturated carbocycles. The summed E-state index contributed by atoms with van der Waals surface area (Å²) in [6.07, 6.45) is 4.77. The Balaban J connectivity index is 1.47. The van der Waals surface area contributed by atoms with Gasteiger partial charge in [0.2, 0.25) is 0 Å². The van der Waals surface area contributed by atoms with Crippen molar-refractivity contribution >= 4 is 33.8 Å². The molecule has 1 aliphatic heterocycles. The molecule has 2 N–H and O–H groups in total. The van der Waals surface area contributed by atoms with Crippen molar-refractivity contribution < 1.29 is 9.90 Å². The minimum atomic E-state index is -0.734. The molecule has 5 nitrogen and oxygen atoms in total. The molecule has 22 heavy (non-hydrogen) atoms. The van der Waals surface area contributed by atoms with Gasteiger partial charge in [0.05, 0.1) is 10.6 Å². The number of thiazole rings is 1. The number of para-hydroxylation sites is 1. The molecule has 2 heterocycles. The zero-order valence-corrected chi connectivity index (χ0v) is 12.7. The number of carbonyl (C=O) groups excluding carboxylic acids is 1. The van der Waals surface area contributed by atoms with Gasteiger partial charge in [-0.25, -0.2) is 9.98 Å². The van der Waals surface area contributed by atoms with Gasteiger partial charge in [-0.3, -0.25) is 10.1 Å². The van der Waals surface area contributed by atoms with Gasteiger partial charge < -0.3 is 5.11 Å². The molecule has 1 fully saturated rings. The van der Waals surface area contributed by atoms with Crippen LogP contribution in [0.3, 0.4) is 0 Å². The van der Waals surface area contributed by atoms with Crippen LogP contribution < -0.4 is 5.32 Å². The van der Waals surface area contributed by atoms with Crippen LogP contribution in [0.1, 0.15) is 29.7 Å². The smallest absolute Gasteiger partial charge is 0.272 e. The number of amides is 1. The van der Waals surface area contributed by atoms with E-state index in [9.17, 15) is 9.90 Å². The third kappa shape index (κ3) is 2.24. The number of fused-ring (bicyclic) bond motifs is 1. The predicted molar refractivity (Wildman–Crippen MR) is 85.7 cm³/mol. The van der Waals surface area contributed by atoms with Crippen molar-refractivity contribution in [1.82, 2.24) is 4.98 Å². The minimum Gasteiger partial charge on any atom is -0.384 e. The molecule has 1 aromatic carbocycles. The lowest BCUT2D eigenvalue weighted by molar-refractivity contribution is -0.110. The second-order valence-electron chi connectivity index (χ2n) is 5.73. The fraction of sp³-hybridized carbons (Fsp3) is 0.312. The number of aromatic nitrogens is 1. The van der Waals surface area contributed by atoms with Crippen LogP contribution in [0.4, 0.5) is 10.8 Å². The lowest BCUT2D eigenvalue weighted by atomic mass is 9.79. The van der Waals surface area contributed by atoms with E-state index in [0.29, 0.717) is 17.3 Å². The molecule has 0 unspecified atom stereocenters. The average Bonchev–Trinajstić information content (AvgIpc) is 3.11. The van der Waals surface area contributed by atoms with E-state index in [4.69, 9.17) is 0 Å². The molecule has 112 valence electrons. The van der Waals surface area contributed by atoms with Crippen LogP contribution in [0.5, 0.6) is 0 Å². The van der Waals surface area contributed by atoms with E-state index in [1.54, 1.807) is 6.20 Å². The molecule has 1 aromatic heterocycles. The van der Waals surface area contributed by atoms with Crippen molar-refractivity contribution in [3.8, 4) is 0 Å². The van der Waals surface area contributed by atoms with Gasteiger partial charge in [-0.1, -0.05) is 29.5 Å². The van der Waals surface area contributed by atoms with Crippen molar-refractivity contribution in [2.24, 2.45) is 4.99 Å². The number of anilines is 1. The molecule has 1 amide bonds. The van der Waals surface area contributed by atoms with E-state index >= 15 is 0 Å². The van der Waals surface area contributed by atoms with E-state index in [1.165, 1.54) is 11.3 Å². The van der Waals surface area contributed by atoms with E-state index in [-0.39, 0.29) is 5.91 Å². The SMILES string of the molecule is O=C(Nc1ncc(C2(O)CCC2)s1)C1=Nc2ccccc2C1. The van der Waals surface area contributed by atoms with Crippen LogP contribution in [0.25, 0.3) is 0 Å². The van der Waals surface area contributed by atoms with Crippen LogP contribution in [-0.2, 0) is 16.8 Å². The first kappa shape index (κ1) is 13.6. The van der Waals surface area contributed by atoms with Crippen LogP contribution in [0.2, 0.25) is 0 Å². The quantitative estimate of drug-likeness (QED) is 0.915. The summed E-state index contributed by atoms with van der Waals surface area (Å²) >= 11 is 1.34. The summed E-state index contributed by atoms with van der Waals surface area (Å²) in [7, 11) is 0. The van der Waals surface area contributed by atoms with Gasteiger partial charge >= 0.3 is 0 Å². The first-order chi connectivity index (χ1) is 10.6. The van der Waals surface area contributed by atoms with Crippen LogP contribution in [0, 0.1) is 0 Å². The molecule has 2 aromatic rings. The number of hydrogen-bond donors (Lipinski definition) is 2. The summed E-state index contributed by atoms with van der Waals surface area (Å²) in [5.41, 5.74) is 1.69. The average molecular weight is 313 g/mol. The predicted octanol–water partition coefficient (Wildman–Crippen LogP) is 2.78. The van der Waals surface area contributed by atoms with Crippen molar-refractivity contribution in [2.75, 3.05) is 5.32 Å². The highest BCUT2D eigenvalue weighted by atomic mass is 32.1. The van der Waals surface area contributed by atoms with E-state index in [1.807, 2.05) is 24.3 Å². The van der Waals surface area contributed by atoms with Gasteiger partial charge in [-0.2, -0.15) is 0 Å². The van der Waals surface area contributed by atoms with Gasteiger partial charge in [0.15, 0.2) is 5.13 Å². The number of hydrogen-bond acceptors (Lipinski definition) is 5. The van der Waals surface area contributed by atoms with Crippen LogP contribution >= 0.6 is 11.3 Å². The Morgan fingerprint density at radius 1 is 1.32 bits per heavy atom. The molecular weight excluding hydrogens is 298 g/mol. The maximum absolute atomic E-state index is 12.3. The number of carbonyl (C=O) groups is 1. The zero-order valence-electron chi connectivity index (χ0n) is 11.9. The Morgan fingerprint density at radius 3 is 2.86 bits per heavy atom. The van der Waals surface area contributed by atoms with Gasteiger partial charge in [0.1, 0.15) is 11.3 Å². The molecule has 0 saturated heterocycles. The summed E-state index contributed by atoms with van der Waals surface area (Å²) in [6.45, 7) is 0. The number of aliphatic hydroxyl groups is 1. The molecule has 4 rings (SSSR count).